The first-order valence-corrected chi connectivity index (χ1v) is 13.9. The number of carbonyl (C=O) groups excluding carboxylic acids is 2. The van der Waals surface area contributed by atoms with Crippen LogP contribution in [0.2, 0.25) is 0 Å². The number of hydrogen-bond donors (Lipinski definition) is 2. The molecule has 10 nitrogen and oxygen atoms in total. The summed E-state index contributed by atoms with van der Waals surface area (Å²) in [6, 6.07) is 4.49. The van der Waals surface area contributed by atoms with Crippen LogP contribution in [-0.4, -0.2) is 64.0 Å². The molecule has 0 amide bonds. The Labute approximate surface area is 229 Å². The van der Waals surface area contributed by atoms with E-state index < -0.39 is 17.9 Å². The van der Waals surface area contributed by atoms with E-state index in [2.05, 4.69) is 27.3 Å². The van der Waals surface area contributed by atoms with Crippen LogP contribution in [0, 0.1) is 19.8 Å². The minimum Gasteiger partial charge on any atom is -0.481 e. The van der Waals surface area contributed by atoms with Crippen LogP contribution >= 0.6 is 0 Å². The molecule has 39 heavy (non-hydrogen) atoms. The fourth-order valence-electron chi connectivity index (χ4n) is 5.34. The Morgan fingerprint density at radius 3 is 2.56 bits per heavy atom. The van der Waals surface area contributed by atoms with Gasteiger partial charge in [0.1, 0.15) is 23.2 Å². The molecule has 0 aromatic carbocycles. The predicted molar refractivity (Wildman–Crippen MR) is 147 cm³/mol. The number of esters is 1. The molecule has 0 unspecified atom stereocenters. The Kier molecular flexibility index (Phi) is 9.48. The van der Waals surface area contributed by atoms with Crippen molar-refractivity contribution in [1.82, 2.24) is 15.0 Å². The second-order valence-corrected chi connectivity index (χ2v) is 10.7. The molecule has 2 aliphatic rings. The van der Waals surface area contributed by atoms with E-state index in [-0.39, 0.29) is 31.8 Å². The summed E-state index contributed by atoms with van der Waals surface area (Å²) in [7, 11) is 0. The predicted octanol–water partition coefficient (Wildman–Crippen LogP) is 3.78. The second kappa shape index (κ2) is 13.0. The number of carbonyl (C=O) groups is 3. The van der Waals surface area contributed by atoms with Gasteiger partial charge < -0.3 is 20.1 Å². The van der Waals surface area contributed by atoms with Crippen molar-refractivity contribution in [3.05, 3.63) is 40.5 Å². The van der Waals surface area contributed by atoms with Crippen LogP contribution in [-0.2, 0) is 32.0 Å². The standard InChI is InChI=1S/C29H39N5O5/c1-18(35)12-15-39-26(36)16-23(29(37)38)17-30-27-19(2)28(32-20(3)31-27)34-13-10-22(11-14-34)25-9-8-21-6-4-5-7-24(21)33-25/h8-9,22-23H,4-7,10-17H2,1-3H3,(H,37,38)(H,30,31,32)/t23-/m0/s1. The zero-order valence-corrected chi connectivity index (χ0v) is 23.2. The van der Waals surface area contributed by atoms with E-state index in [4.69, 9.17) is 14.7 Å². The maximum atomic E-state index is 12.1. The number of aliphatic carboxylic acids is 1. The lowest BCUT2D eigenvalue weighted by atomic mass is 9.90. The summed E-state index contributed by atoms with van der Waals surface area (Å²) in [6.45, 7) is 6.83. The Balaban J connectivity index is 1.37. The molecule has 1 atom stereocenters. The van der Waals surface area contributed by atoms with Crippen molar-refractivity contribution in [3.63, 3.8) is 0 Å². The molecule has 0 saturated carbocycles. The third kappa shape index (κ3) is 7.52. The summed E-state index contributed by atoms with van der Waals surface area (Å²) in [6.07, 6.45) is 6.51. The summed E-state index contributed by atoms with van der Waals surface area (Å²) in [4.78, 5) is 51.4. The van der Waals surface area contributed by atoms with Gasteiger partial charge in [-0.2, -0.15) is 0 Å². The van der Waals surface area contributed by atoms with Gasteiger partial charge in [0, 0.05) is 48.9 Å². The molecule has 0 spiro atoms. The summed E-state index contributed by atoms with van der Waals surface area (Å²) >= 11 is 0. The van der Waals surface area contributed by atoms with Gasteiger partial charge in [-0.1, -0.05) is 6.07 Å². The van der Waals surface area contributed by atoms with Crippen molar-refractivity contribution in [3.8, 4) is 0 Å². The third-order valence-electron chi connectivity index (χ3n) is 7.64. The van der Waals surface area contributed by atoms with Gasteiger partial charge in [-0.25, -0.2) is 9.97 Å². The first-order valence-electron chi connectivity index (χ1n) is 13.9. The Morgan fingerprint density at radius 1 is 1.10 bits per heavy atom. The van der Waals surface area contributed by atoms with E-state index >= 15 is 0 Å². The molecule has 4 rings (SSSR count). The van der Waals surface area contributed by atoms with Gasteiger partial charge in [-0.3, -0.25) is 19.4 Å². The van der Waals surface area contributed by atoms with E-state index in [0.717, 1.165) is 50.2 Å². The number of pyridine rings is 1. The molecule has 1 aliphatic heterocycles. The highest BCUT2D eigenvalue weighted by molar-refractivity contribution is 5.80. The molecule has 2 aromatic rings. The van der Waals surface area contributed by atoms with Gasteiger partial charge in [-0.15, -0.1) is 0 Å². The SMILES string of the molecule is CC(=O)CCOC(=O)C[C@@H](CNc1nc(C)nc(N2CCC(c3ccc4c(n3)CCCC4)CC2)c1C)C(=O)O. The quantitative estimate of drug-likeness (QED) is 0.408. The first-order chi connectivity index (χ1) is 18.7. The van der Waals surface area contributed by atoms with Crippen LogP contribution in [0.25, 0.3) is 0 Å². The summed E-state index contributed by atoms with van der Waals surface area (Å²) in [5, 5.41) is 12.8. The van der Waals surface area contributed by atoms with Crippen molar-refractivity contribution >= 4 is 29.4 Å². The maximum Gasteiger partial charge on any atom is 0.308 e. The van der Waals surface area contributed by atoms with Crippen LogP contribution in [0.15, 0.2) is 12.1 Å². The molecule has 10 heteroatoms. The number of rotatable bonds is 11. The smallest absolute Gasteiger partial charge is 0.308 e. The number of anilines is 2. The van der Waals surface area contributed by atoms with E-state index in [0.29, 0.717) is 17.6 Å². The fourth-order valence-corrected chi connectivity index (χ4v) is 5.34. The van der Waals surface area contributed by atoms with E-state index in [1.807, 2.05) is 13.8 Å². The number of Topliss-reactive ketones (excluding diaryl/α,β-unsaturated/α-hetero) is 1. The molecule has 2 N–H and O–H groups in total. The van der Waals surface area contributed by atoms with Gasteiger partial charge in [0.2, 0.25) is 0 Å². The minimum absolute atomic E-state index is 0.0138. The van der Waals surface area contributed by atoms with Gasteiger partial charge in [0.25, 0.3) is 0 Å². The number of ketones is 1. The highest BCUT2D eigenvalue weighted by Gasteiger charge is 2.27. The van der Waals surface area contributed by atoms with E-state index in [9.17, 15) is 19.5 Å². The number of hydrogen-bond acceptors (Lipinski definition) is 9. The zero-order chi connectivity index (χ0) is 27.9. The molecule has 3 heterocycles. The normalized spacial score (nSPS) is 16.3. The average molecular weight is 538 g/mol. The summed E-state index contributed by atoms with van der Waals surface area (Å²) < 4.78 is 5.01. The number of nitrogens with zero attached hydrogens (tertiary/aromatic N) is 4. The van der Waals surface area contributed by atoms with Gasteiger partial charge in [0.15, 0.2) is 0 Å². The maximum absolute atomic E-state index is 12.1. The zero-order valence-electron chi connectivity index (χ0n) is 23.2. The molecule has 1 fully saturated rings. The van der Waals surface area contributed by atoms with Crippen LogP contribution in [0.5, 0.6) is 0 Å². The van der Waals surface area contributed by atoms with Crippen LogP contribution in [0.1, 0.15) is 79.7 Å². The van der Waals surface area contributed by atoms with Crippen molar-refractivity contribution < 1.29 is 24.2 Å². The lowest BCUT2D eigenvalue weighted by molar-refractivity contribution is -0.151. The Morgan fingerprint density at radius 2 is 1.85 bits per heavy atom. The number of ether oxygens (including phenoxy) is 1. The van der Waals surface area contributed by atoms with Crippen LogP contribution < -0.4 is 10.2 Å². The van der Waals surface area contributed by atoms with Crippen molar-refractivity contribution in [2.24, 2.45) is 5.92 Å². The minimum atomic E-state index is -1.10. The number of fused-ring (bicyclic) bond motifs is 1. The first kappa shape index (κ1) is 28.4. The number of nitrogens with one attached hydrogen (secondary N) is 1. The van der Waals surface area contributed by atoms with Crippen molar-refractivity contribution in [2.75, 3.05) is 36.5 Å². The monoisotopic (exact) mass is 537 g/mol. The second-order valence-electron chi connectivity index (χ2n) is 10.7. The number of aromatic nitrogens is 3. The van der Waals surface area contributed by atoms with Gasteiger partial charge >= 0.3 is 11.9 Å². The lowest BCUT2D eigenvalue weighted by Gasteiger charge is -2.34. The number of aryl methyl sites for hydroxylation is 3. The molecule has 0 radical (unpaired) electrons. The molecular formula is C29H39N5O5. The van der Waals surface area contributed by atoms with Crippen molar-refractivity contribution in [1.29, 1.82) is 0 Å². The highest BCUT2D eigenvalue weighted by atomic mass is 16.5. The molecular weight excluding hydrogens is 498 g/mol. The molecule has 1 aliphatic carbocycles. The lowest BCUT2D eigenvalue weighted by Crippen LogP contribution is -2.35. The van der Waals surface area contributed by atoms with E-state index in [1.165, 1.54) is 36.7 Å². The highest BCUT2D eigenvalue weighted by Crippen LogP contribution is 2.33. The average Bonchev–Trinajstić information content (AvgIpc) is 2.92. The molecule has 1 saturated heterocycles. The van der Waals surface area contributed by atoms with Crippen LogP contribution in [0.3, 0.4) is 0 Å². The summed E-state index contributed by atoms with van der Waals surface area (Å²) in [5.74, 6) is -0.403. The third-order valence-corrected chi connectivity index (χ3v) is 7.64. The number of piperidine rings is 1. The molecule has 2 aromatic heterocycles. The molecule has 210 valence electrons. The molecule has 0 bridgehead atoms. The van der Waals surface area contributed by atoms with Crippen molar-refractivity contribution in [2.45, 2.75) is 78.1 Å². The largest absolute Gasteiger partial charge is 0.481 e. The number of carboxylic acid groups (broad SMARTS) is 1. The topological polar surface area (TPSA) is 135 Å². The fraction of sp³-hybridized carbons (Fsp3) is 0.586. The van der Waals surface area contributed by atoms with E-state index in [1.54, 1.807) is 0 Å². The van der Waals surface area contributed by atoms with Crippen LogP contribution in [0.4, 0.5) is 11.6 Å². The number of carboxylic acids is 1. The van der Waals surface area contributed by atoms with Gasteiger partial charge in [-0.05, 0) is 70.9 Å². The summed E-state index contributed by atoms with van der Waals surface area (Å²) in [5.41, 5.74) is 4.74. The Bertz CT molecular complexity index is 1210. The Hall–Kier alpha value is -3.56. The van der Waals surface area contributed by atoms with Gasteiger partial charge in [0.05, 0.1) is 18.9 Å².